The Morgan fingerprint density at radius 2 is 2.00 bits per heavy atom. The minimum atomic E-state index is 0.402. The van der Waals surface area contributed by atoms with E-state index in [0.29, 0.717) is 11.6 Å². The fraction of sp³-hybridized carbons (Fsp3) is 0.125. The van der Waals surface area contributed by atoms with E-state index in [-0.39, 0.29) is 0 Å². The minimum Gasteiger partial charge on any atom is -0.381 e. The SMILES string of the molecule is Cc1c(N)noc1-c1cncnc1. The summed E-state index contributed by atoms with van der Waals surface area (Å²) >= 11 is 0. The van der Waals surface area contributed by atoms with Crippen molar-refractivity contribution in [3.05, 3.63) is 24.3 Å². The van der Waals surface area contributed by atoms with Crippen LogP contribution in [0.3, 0.4) is 0 Å². The van der Waals surface area contributed by atoms with Gasteiger partial charge in [0.15, 0.2) is 11.6 Å². The highest BCUT2D eigenvalue weighted by atomic mass is 16.5. The zero-order valence-electron chi connectivity index (χ0n) is 7.06. The summed E-state index contributed by atoms with van der Waals surface area (Å²) in [5.74, 6) is 1.02. The lowest BCUT2D eigenvalue weighted by atomic mass is 10.2. The smallest absolute Gasteiger partial charge is 0.175 e. The van der Waals surface area contributed by atoms with Crippen molar-refractivity contribution in [2.75, 3.05) is 5.73 Å². The van der Waals surface area contributed by atoms with Crippen LogP contribution in [0.15, 0.2) is 23.2 Å². The monoisotopic (exact) mass is 176 g/mol. The average Bonchev–Trinajstić information content (AvgIpc) is 2.49. The maximum atomic E-state index is 5.53. The van der Waals surface area contributed by atoms with Crippen LogP contribution in [0.1, 0.15) is 5.56 Å². The number of hydrogen-bond acceptors (Lipinski definition) is 5. The fourth-order valence-electron chi connectivity index (χ4n) is 1.03. The molecular formula is C8H8N4O. The predicted octanol–water partition coefficient (Wildman–Crippen LogP) is 1.02. The molecule has 66 valence electrons. The van der Waals surface area contributed by atoms with Gasteiger partial charge in [0.25, 0.3) is 0 Å². The summed E-state index contributed by atoms with van der Waals surface area (Å²) in [6.07, 6.45) is 4.76. The van der Waals surface area contributed by atoms with Crippen LogP contribution in [0.4, 0.5) is 5.82 Å². The Labute approximate surface area is 74.6 Å². The lowest BCUT2D eigenvalue weighted by molar-refractivity contribution is 0.435. The first-order chi connectivity index (χ1) is 6.29. The maximum Gasteiger partial charge on any atom is 0.175 e. The molecule has 2 heterocycles. The number of rotatable bonds is 1. The second-order valence-corrected chi connectivity index (χ2v) is 2.65. The van der Waals surface area contributed by atoms with Gasteiger partial charge in [0.05, 0.1) is 5.56 Å². The molecule has 0 amide bonds. The topological polar surface area (TPSA) is 77.8 Å². The van der Waals surface area contributed by atoms with Crippen molar-refractivity contribution in [1.29, 1.82) is 0 Å². The second kappa shape index (κ2) is 2.85. The minimum absolute atomic E-state index is 0.402. The van der Waals surface area contributed by atoms with Gasteiger partial charge in [-0.2, -0.15) is 0 Å². The van der Waals surface area contributed by atoms with Crippen LogP contribution in [-0.4, -0.2) is 15.1 Å². The van der Waals surface area contributed by atoms with Crippen LogP contribution in [0.25, 0.3) is 11.3 Å². The third-order valence-corrected chi connectivity index (χ3v) is 1.78. The number of nitrogens with two attached hydrogens (primary N) is 1. The standard InChI is InChI=1S/C8H8N4O/c1-5-7(13-12-8(5)9)6-2-10-4-11-3-6/h2-4H,1H3,(H2,9,12). The van der Waals surface area contributed by atoms with Crippen LogP contribution in [-0.2, 0) is 0 Å². The van der Waals surface area contributed by atoms with Crippen LogP contribution in [0.5, 0.6) is 0 Å². The lowest BCUT2D eigenvalue weighted by Gasteiger charge is -1.93. The van der Waals surface area contributed by atoms with Crippen molar-refractivity contribution in [1.82, 2.24) is 15.1 Å². The molecule has 0 saturated heterocycles. The largest absolute Gasteiger partial charge is 0.381 e. The Morgan fingerprint density at radius 1 is 1.31 bits per heavy atom. The zero-order chi connectivity index (χ0) is 9.26. The average molecular weight is 176 g/mol. The predicted molar refractivity (Wildman–Crippen MR) is 46.7 cm³/mol. The normalized spacial score (nSPS) is 10.2. The summed E-state index contributed by atoms with van der Waals surface area (Å²) in [7, 11) is 0. The second-order valence-electron chi connectivity index (χ2n) is 2.65. The zero-order valence-corrected chi connectivity index (χ0v) is 7.06. The van der Waals surface area contributed by atoms with Gasteiger partial charge >= 0.3 is 0 Å². The lowest BCUT2D eigenvalue weighted by Crippen LogP contribution is -1.87. The van der Waals surface area contributed by atoms with Gasteiger partial charge in [-0.15, -0.1) is 0 Å². The maximum absolute atomic E-state index is 5.53. The Morgan fingerprint density at radius 3 is 2.54 bits per heavy atom. The molecule has 0 aliphatic heterocycles. The Balaban J connectivity index is 2.53. The molecule has 2 rings (SSSR count). The first-order valence-corrected chi connectivity index (χ1v) is 3.76. The third kappa shape index (κ3) is 1.24. The highest BCUT2D eigenvalue weighted by Gasteiger charge is 2.10. The summed E-state index contributed by atoms with van der Waals surface area (Å²) in [5.41, 5.74) is 7.13. The molecule has 0 aromatic carbocycles. The molecule has 0 unspecified atom stereocenters. The van der Waals surface area contributed by atoms with E-state index in [2.05, 4.69) is 15.1 Å². The Hall–Kier alpha value is -1.91. The Bertz CT molecular complexity index is 409. The molecular weight excluding hydrogens is 168 g/mol. The van der Waals surface area contributed by atoms with E-state index in [9.17, 15) is 0 Å². The van der Waals surface area contributed by atoms with Gasteiger partial charge in [-0.05, 0) is 6.92 Å². The quantitative estimate of drug-likeness (QED) is 0.701. The molecule has 0 fully saturated rings. The van der Waals surface area contributed by atoms with E-state index in [0.717, 1.165) is 11.1 Å². The number of nitrogen functional groups attached to an aromatic ring is 1. The van der Waals surface area contributed by atoms with Gasteiger partial charge in [-0.25, -0.2) is 9.97 Å². The van der Waals surface area contributed by atoms with Crippen molar-refractivity contribution >= 4 is 5.82 Å². The summed E-state index contributed by atoms with van der Waals surface area (Å²) in [4.78, 5) is 7.74. The van der Waals surface area contributed by atoms with Crippen molar-refractivity contribution < 1.29 is 4.52 Å². The van der Waals surface area contributed by atoms with E-state index in [1.54, 1.807) is 12.4 Å². The fourth-order valence-corrected chi connectivity index (χ4v) is 1.03. The van der Waals surface area contributed by atoms with Crippen molar-refractivity contribution in [2.24, 2.45) is 0 Å². The number of aromatic nitrogens is 3. The number of anilines is 1. The summed E-state index contributed by atoms with van der Waals surface area (Å²) in [6, 6.07) is 0. The van der Waals surface area contributed by atoms with Gasteiger partial charge in [0.2, 0.25) is 0 Å². The molecule has 0 aliphatic carbocycles. The first kappa shape index (κ1) is 7.72. The molecule has 5 nitrogen and oxygen atoms in total. The van der Waals surface area contributed by atoms with Gasteiger partial charge in [-0.1, -0.05) is 5.16 Å². The van der Waals surface area contributed by atoms with Crippen molar-refractivity contribution in [3.63, 3.8) is 0 Å². The molecule has 0 saturated carbocycles. The summed E-state index contributed by atoms with van der Waals surface area (Å²) in [6.45, 7) is 1.84. The molecule has 2 aromatic heterocycles. The molecule has 13 heavy (non-hydrogen) atoms. The molecule has 0 radical (unpaired) electrons. The van der Waals surface area contributed by atoms with Crippen LogP contribution >= 0.6 is 0 Å². The van der Waals surface area contributed by atoms with Crippen molar-refractivity contribution in [3.8, 4) is 11.3 Å². The highest BCUT2D eigenvalue weighted by molar-refractivity contribution is 5.63. The molecule has 2 aromatic rings. The van der Waals surface area contributed by atoms with E-state index in [1.165, 1.54) is 6.33 Å². The van der Waals surface area contributed by atoms with E-state index < -0.39 is 0 Å². The van der Waals surface area contributed by atoms with E-state index in [1.807, 2.05) is 6.92 Å². The van der Waals surface area contributed by atoms with Crippen LogP contribution in [0.2, 0.25) is 0 Å². The van der Waals surface area contributed by atoms with Crippen LogP contribution in [0, 0.1) is 6.92 Å². The number of hydrogen-bond donors (Lipinski definition) is 1. The molecule has 2 N–H and O–H groups in total. The van der Waals surface area contributed by atoms with Crippen LogP contribution < -0.4 is 5.73 Å². The summed E-state index contributed by atoms with van der Waals surface area (Å²) in [5, 5.41) is 3.64. The third-order valence-electron chi connectivity index (χ3n) is 1.78. The Kier molecular flexibility index (Phi) is 1.70. The van der Waals surface area contributed by atoms with Gasteiger partial charge < -0.3 is 10.3 Å². The number of nitrogens with zero attached hydrogens (tertiary/aromatic N) is 3. The molecule has 0 atom stereocenters. The van der Waals surface area contributed by atoms with Gasteiger partial charge in [-0.3, -0.25) is 0 Å². The molecule has 0 bridgehead atoms. The van der Waals surface area contributed by atoms with E-state index >= 15 is 0 Å². The molecule has 5 heteroatoms. The van der Waals surface area contributed by atoms with Gasteiger partial charge in [0.1, 0.15) is 6.33 Å². The molecule has 0 spiro atoms. The highest BCUT2D eigenvalue weighted by Crippen LogP contribution is 2.24. The molecule has 0 aliphatic rings. The van der Waals surface area contributed by atoms with E-state index in [4.69, 9.17) is 10.3 Å². The van der Waals surface area contributed by atoms with Gasteiger partial charge in [0, 0.05) is 18.0 Å². The van der Waals surface area contributed by atoms with Crippen molar-refractivity contribution in [2.45, 2.75) is 6.92 Å². The first-order valence-electron chi connectivity index (χ1n) is 3.76. The summed E-state index contributed by atoms with van der Waals surface area (Å²) < 4.78 is 5.03.